The summed E-state index contributed by atoms with van der Waals surface area (Å²) in [6.45, 7) is 0. The Morgan fingerprint density at radius 3 is 2.00 bits per heavy atom. The number of hydrogen-bond acceptors (Lipinski definition) is 3. The van der Waals surface area contributed by atoms with E-state index in [1.165, 1.54) is 0 Å². The zero-order chi connectivity index (χ0) is 5.44. The molecular weight excluding hydrogens is 92.1 g/mol. The Labute approximate surface area is 42.3 Å². The Kier molecular flexibility index (Phi) is 1.03. The second-order valence-electron chi connectivity index (χ2n) is 2.04. The van der Waals surface area contributed by atoms with Gasteiger partial charge in [-0.25, -0.2) is 0 Å². The summed E-state index contributed by atoms with van der Waals surface area (Å²) in [5.41, 5.74) is 10.6. The Hall–Kier alpha value is -0.120. The minimum absolute atomic E-state index is 0.0370. The van der Waals surface area contributed by atoms with E-state index in [4.69, 9.17) is 16.6 Å². The molecule has 5 N–H and O–H groups in total. The normalized spacial score (nSPS) is 51.0. The summed E-state index contributed by atoms with van der Waals surface area (Å²) in [5, 5.41) is 8.68. The van der Waals surface area contributed by atoms with Crippen molar-refractivity contribution >= 4 is 0 Å². The van der Waals surface area contributed by atoms with Crippen molar-refractivity contribution in [2.45, 2.75) is 24.6 Å². The lowest BCUT2D eigenvalue weighted by Gasteiger charge is -2.35. The van der Waals surface area contributed by atoms with Crippen LogP contribution in [0.2, 0.25) is 0 Å². The lowest BCUT2D eigenvalue weighted by molar-refractivity contribution is 0.0507. The topological polar surface area (TPSA) is 72.3 Å². The summed E-state index contributed by atoms with van der Waals surface area (Å²) in [6.07, 6.45) is 0.330. The van der Waals surface area contributed by atoms with Crippen LogP contribution in [-0.2, 0) is 0 Å². The molecule has 0 aliphatic heterocycles. The molecule has 0 saturated heterocycles. The van der Waals surface area contributed by atoms with Crippen LogP contribution in [-0.4, -0.2) is 23.3 Å². The monoisotopic (exact) mass is 102 g/mol. The molecule has 42 valence electrons. The molecule has 3 heteroatoms. The van der Waals surface area contributed by atoms with Crippen LogP contribution in [0.3, 0.4) is 0 Å². The molecule has 0 bridgehead atoms. The highest BCUT2D eigenvalue weighted by atomic mass is 16.3. The van der Waals surface area contributed by atoms with Crippen LogP contribution in [0.4, 0.5) is 0 Å². The minimum atomic E-state index is -0.338. The van der Waals surface area contributed by atoms with Crippen LogP contribution in [0.15, 0.2) is 0 Å². The molecule has 0 radical (unpaired) electrons. The van der Waals surface area contributed by atoms with Gasteiger partial charge >= 0.3 is 0 Å². The molecule has 1 saturated carbocycles. The van der Waals surface area contributed by atoms with Gasteiger partial charge in [-0.2, -0.15) is 0 Å². The maximum absolute atomic E-state index is 8.68. The lowest BCUT2D eigenvalue weighted by atomic mass is 9.85. The largest absolute Gasteiger partial charge is 0.391 e. The number of nitrogens with two attached hydrogens (primary N) is 2. The molecule has 0 aromatic carbocycles. The van der Waals surface area contributed by atoms with E-state index in [0.29, 0.717) is 6.42 Å². The summed E-state index contributed by atoms with van der Waals surface area (Å²) < 4.78 is 0. The van der Waals surface area contributed by atoms with Gasteiger partial charge < -0.3 is 16.6 Å². The smallest absolute Gasteiger partial charge is 0.0721 e. The van der Waals surface area contributed by atoms with Crippen LogP contribution >= 0.6 is 0 Å². The average Bonchev–Trinajstić information content (AvgIpc) is 1.68. The highest BCUT2D eigenvalue weighted by molar-refractivity contribution is 4.95. The molecule has 0 spiro atoms. The zero-order valence-electron chi connectivity index (χ0n) is 4.04. The van der Waals surface area contributed by atoms with Crippen molar-refractivity contribution in [3.8, 4) is 0 Å². The summed E-state index contributed by atoms with van der Waals surface area (Å²) >= 11 is 0. The number of aliphatic hydroxyl groups excluding tert-OH is 1. The van der Waals surface area contributed by atoms with E-state index in [1.807, 2.05) is 0 Å². The summed E-state index contributed by atoms with van der Waals surface area (Å²) in [5.74, 6) is 0. The van der Waals surface area contributed by atoms with E-state index < -0.39 is 0 Å². The molecule has 3 atom stereocenters. The molecule has 0 aromatic rings. The average molecular weight is 102 g/mol. The molecule has 0 heterocycles. The van der Waals surface area contributed by atoms with Crippen molar-refractivity contribution in [3.05, 3.63) is 0 Å². The first-order valence-corrected chi connectivity index (χ1v) is 2.41. The first-order valence-electron chi connectivity index (χ1n) is 2.41. The fraction of sp³-hybridized carbons (Fsp3) is 1.00. The molecule has 3 nitrogen and oxygen atoms in total. The van der Waals surface area contributed by atoms with Crippen LogP contribution in [0.25, 0.3) is 0 Å². The second-order valence-corrected chi connectivity index (χ2v) is 2.04. The maximum Gasteiger partial charge on any atom is 0.0721 e. The number of hydrogen-bond donors (Lipinski definition) is 3. The van der Waals surface area contributed by atoms with Gasteiger partial charge in [0.1, 0.15) is 0 Å². The minimum Gasteiger partial charge on any atom is -0.391 e. The predicted molar refractivity (Wildman–Crippen MR) is 26.6 cm³/mol. The van der Waals surface area contributed by atoms with E-state index >= 15 is 0 Å². The molecule has 1 rings (SSSR count). The fourth-order valence-electron chi connectivity index (χ4n) is 0.683. The van der Waals surface area contributed by atoms with E-state index in [-0.39, 0.29) is 18.2 Å². The van der Waals surface area contributed by atoms with Crippen molar-refractivity contribution in [2.24, 2.45) is 11.5 Å². The molecule has 1 fully saturated rings. The SMILES string of the molecule is NC1CC(O)C1N. The van der Waals surface area contributed by atoms with E-state index in [9.17, 15) is 0 Å². The van der Waals surface area contributed by atoms with Crippen LogP contribution in [0, 0.1) is 0 Å². The van der Waals surface area contributed by atoms with Gasteiger partial charge in [0, 0.05) is 12.1 Å². The molecule has 0 amide bonds. The molecule has 1 aliphatic rings. The Morgan fingerprint density at radius 1 is 1.43 bits per heavy atom. The first-order chi connectivity index (χ1) is 3.22. The van der Waals surface area contributed by atoms with Crippen LogP contribution in [0.5, 0.6) is 0 Å². The molecule has 7 heavy (non-hydrogen) atoms. The van der Waals surface area contributed by atoms with Gasteiger partial charge in [0.2, 0.25) is 0 Å². The molecule has 1 aliphatic carbocycles. The third kappa shape index (κ3) is 0.627. The molecule has 0 aromatic heterocycles. The van der Waals surface area contributed by atoms with E-state index in [2.05, 4.69) is 0 Å². The van der Waals surface area contributed by atoms with Crippen molar-refractivity contribution < 1.29 is 5.11 Å². The number of rotatable bonds is 0. The molecule has 3 unspecified atom stereocenters. The highest BCUT2D eigenvalue weighted by Gasteiger charge is 2.33. The predicted octanol–water partition coefficient (Wildman–Crippen LogP) is -1.59. The van der Waals surface area contributed by atoms with Gasteiger partial charge in [-0.15, -0.1) is 0 Å². The third-order valence-electron chi connectivity index (χ3n) is 1.45. The van der Waals surface area contributed by atoms with Crippen molar-refractivity contribution in [1.82, 2.24) is 0 Å². The van der Waals surface area contributed by atoms with Gasteiger partial charge in [-0.1, -0.05) is 0 Å². The van der Waals surface area contributed by atoms with E-state index in [1.54, 1.807) is 0 Å². The van der Waals surface area contributed by atoms with Crippen molar-refractivity contribution in [1.29, 1.82) is 0 Å². The lowest BCUT2D eigenvalue weighted by Crippen LogP contribution is -2.60. The summed E-state index contributed by atoms with van der Waals surface area (Å²) in [7, 11) is 0. The van der Waals surface area contributed by atoms with Gasteiger partial charge in [-0.05, 0) is 6.42 Å². The van der Waals surface area contributed by atoms with Gasteiger partial charge in [0.05, 0.1) is 6.10 Å². The third-order valence-corrected chi connectivity index (χ3v) is 1.45. The van der Waals surface area contributed by atoms with Gasteiger partial charge in [0.25, 0.3) is 0 Å². The Morgan fingerprint density at radius 2 is 2.00 bits per heavy atom. The highest BCUT2D eigenvalue weighted by Crippen LogP contribution is 2.15. The fourth-order valence-corrected chi connectivity index (χ4v) is 0.683. The quantitative estimate of drug-likeness (QED) is 0.345. The second kappa shape index (κ2) is 1.43. The number of aliphatic hydroxyl groups is 1. The van der Waals surface area contributed by atoms with Crippen LogP contribution < -0.4 is 11.5 Å². The van der Waals surface area contributed by atoms with Gasteiger partial charge in [-0.3, -0.25) is 0 Å². The maximum atomic E-state index is 8.68. The zero-order valence-corrected chi connectivity index (χ0v) is 4.04. The standard InChI is InChI=1S/C4H10N2O/c5-2-1-3(7)4(2)6/h2-4,7H,1,5-6H2. The van der Waals surface area contributed by atoms with Crippen molar-refractivity contribution in [3.63, 3.8) is 0 Å². The van der Waals surface area contributed by atoms with Crippen molar-refractivity contribution in [2.75, 3.05) is 0 Å². The van der Waals surface area contributed by atoms with E-state index in [0.717, 1.165) is 0 Å². The van der Waals surface area contributed by atoms with Crippen LogP contribution in [0.1, 0.15) is 6.42 Å². The molecular formula is C4H10N2O. The van der Waals surface area contributed by atoms with Gasteiger partial charge in [0.15, 0.2) is 0 Å². The Balaban J connectivity index is 2.29. The summed E-state index contributed by atoms with van der Waals surface area (Å²) in [6, 6.07) is -0.130. The first kappa shape index (κ1) is 5.03. The Bertz CT molecular complexity index is 68.1. The summed E-state index contributed by atoms with van der Waals surface area (Å²) in [4.78, 5) is 0.